The van der Waals surface area contributed by atoms with Crippen molar-refractivity contribution in [3.05, 3.63) is 0 Å². The maximum absolute atomic E-state index is 11.3. The number of carbonyl (C=O) groups is 2. The van der Waals surface area contributed by atoms with E-state index in [4.69, 9.17) is 5.11 Å². The zero-order valence-electron chi connectivity index (χ0n) is 7.15. The first-order valence-corrected chi connectivity index (χ1v) is 3.78. The first-order chi connectivity index (χ1) is 5.54. The Balaban J connectivity index is 2.71. The Kier molecular flexibility index (Phi) is 2.21. The molecule has 1 atom stereocenters. The minimum absolute atomic E-state index is 0.136. The van der Waals surface area contributed by atoms with Gasteiger partial charge in [-0.3, -0.25) is 9.69 Å². The molecule has 0 spiro atoms. The first kappa shape index (κ1) is 8.83. The Bertz CT molecular complexity index is 217. The van der Waals surface area contributed by atoms with Gasteiger partial charge in [0.05, 0.1) is 0 Å². The summed E-state index contributed by atoms with van der Waals surface area (Å²) in [6.45, 7) is 2.49. The van der Waals surface area contributed by atoms with Gasteiger partial charge in [0.2, 0.25) is 5.91 Å². The maximum Gasteiger partial charge on any atom is 0.408 e. The second-order valence-corrected chi connectivity index (χ2v) is 2.91. The summed E-state index contributed by atoms with van der Waals surface area (Å²) in [6, 6.07) is -0.541. The van der Waals surface area contributed by atoms with Gasteiger partial charge in [0.25, 0.3) is 0 Å². The fourth-order valence-corrected chi connectivity index (χ4v) is 1.28. The highest BCUT2D eigenvalue weighted by Gasteiger charge is 2.32. The SMILES string of the molecule is C[C@H]1C(=O)N(C)CCN1C(=O)O. The molecule has 0 aliphatic carbocycles. The van der Waals surface area contributed by atoms with Crippen LogP contribution in [-0.4, -0.2) is 53.1 Å². The van der Waals surface area contributed by atoms with Gasteiger partial charge in [0, 0.05) is 20.1 Å². The Morgan fingerprint density at radius 3 is 2.67 bits per heavy atom. The van der Waals surface area contributed by atoms with Crippen LogP contribution < -0.4 is 0 Å². The highest BCUT2D eigenvalue weighted by Crippen LogP contribution is 2.08. The maximum atomic E-state index is 11.3. The van der Waals surface area contributed by atoms with Crippen molar-refractivity contribution in [1.29, 1.82) is 0 Å². The van der Waals surface area contributed by atoms with Crippen molar-refractivity contribution >= 4 is 12.0 Å². The summed E-state index contributed by atoms with van der Waals surface area (Å²) in [4.78, 5) is 24.5. The smallest absolute Gasteiger partial charge is 0.408 e. The van der Waals surface area contributed by atoms with E-state index in [0.29, 0.717) is 13.1 Å². The number of nitrogens with zero attached hydrogens (tertiary/aromatic N) is 2. The molecule has 1 heterocycles. The van der Waals surface area contributed by atoms with Crippen LogP contribution in [0, 0.1) is 0 Å². The summed E-state index contributed by atoms with van der Waals surface area (Å²) in [5.74, 6) is -0.136. The molecular formula is C7H12N2O3. The molecule has 0 aromatic heterocycles. The minimum Gasteiger partial charge on any atom is -0.465 e. The molecule has 0 saturated carbocycles. The largest absolute Gasteiger partial charge is 0.465 e. The van der Waals surface area contributed by atoms with Crippen LogP contribution in [0.5, 0.6) is 0 Å². The van der Waals surface area contributed by atoms with Gasteiger partial charge in [-0.15, -0.1) is 0 Å². The van der Waals surface area contributed by atoms with Crippen molar-refractivity contribution < 1.29 is 14.7 Å². The van der Waals surface area contributed by atoms with Gasteiger partial charge in [-0.25, -0.2) is 4.79 Å². The van der Waals surface area contributed by atoms with E-state index in [1.165, 1.54) is 0 Å². The molecule has 0 unspecified atom stereocenters. The topological polar surface area (TPSA) is 60.9 Å². The zero-order chi connectivity index (χ0) is 9.30. The Labute approximate surface area is 70.6 Å². The molecule has 68 valence electrons. The van der Waals surface area contributed by atoms with Crippen LogP contribution in [0.2, 0.25) is 0 Å². The van der Waals surface area contributed by atoms with Crippen LogP contribution in [0.3, 0.4) is 0 Å². The molecule has 0 aromatic carbocycles. The average Bonchev–Trinajstić information content (AvgIpc) is 2.00. The molecule has 5 heteroatoms. The molecular weight excluding hydrogens is 160 g/mol. The summed E-state index contributed by atoms with van der Waals surface area (Å²) in [5, 5.41) is 8.67. The lowest BCUT2D eigenvalue weighted by molar-refractivity contribution is -0.138. The number of rotatable bonds is 0. The lowest BCUT2D eigenvalue weighted by Gasteiger charge is -2.35. The molecule has 1 aliphatic rings. The number of amides is 2. The molecule has 1 rings (SSSR count). The van der Waals surface area contributed by atoms with Crippen LogP contribution in [0.1, 0.15) is 6.92 Å². The van der Waals surface area contributed by atoms with E-state index in [-0.39, 0.29) is 5.91 Å². The summed E-state index contributed by atoms with van der Waals surface area (Å²) in [7, 11) is 1.68. The van der Waals surface area contributed by atoms with Crippen LogP contribution >= 0.6 is 0 Å². The lowest BCUT2D eigenvalue weighted by atomic mass is 10.2. The average molecular weight is 172 g/mol. The molecule has 0 bridgehead atoms. The molecule has 1 N–H and O–H groups in total. The predicted molar refractivity (Wildman–Crippen MR) is 41.8 cm³/mol. The Hall–Kier alpha value is -1.26. The third-order valence-electron chi connectivity index (χ3n) is 2.12. The molecule has 1 aliphatic heterocycles. The second-order valence-electron chi connectivity index (χ2n) is 2.91. The van der Waals surface area contributed by atoms with Crippen LogP contribution in [0.25, 0.3) is 0 Å². The number of likely N-dealkylation sites (N-methyl/N-ethyl adjacent to an activating group) is 1. The van der Waals surface area contributed by atoms with E-state index in [0.717, 1.165) is 4.90 Å². The molecule has 0 radical (unpaired) electrons. The summed E-state index contributed by atoms with van der Waals surface area (Å²) < 4.78 is 0. The zero-order valence-corrected chi connectivity index (χ0v) is 7.15. The normalized spacial score (nSPS) is 24.5. The molecule has 1 fully saturated rings. The number of hydrogen-bond donors (Lipinski definition) is 1. The monoisotopic (exact) mass is 172 g/mol. The molecule has 2 amide bonds. The van der Waals surface area contributed by atoms with Crippen molar-refractivity contribution in [3.8, 4) is 0 Å². The Morgan fingerprint density at radius 1 is 1.58 bits per heavy atom. The van der Waals surface area contributed by atoms with Gasteiger partial charge in [-0.05, 0) is 6.92 Å². The fraction of sp³-hybridized carbons (Fsp3) is 0.714. The lowest BCUT2D eigenvalue weighted by Crippen LogP contribution is -2.55. The van der Waals surface area contributed by atoms with E-state index < -0.39 is 12.1 Å². The quantitative estimate of drug-likeness (QED) is 0.551. The van der Waals surface area contributed by atoms with E-state index >= 15 is 0 Å². The van der Waals surface area contributed by atoms with Gasteiger partial charge in [0.15, 0.2) is 0 Å². The Morgan fingerprint density at radius 2 is 2.17 bits per heavy atom. The minimum atomic E-state index is -1.02. The van der Waals surface area contributed by atoms with Crippen molar-refractivity contribution in [3.63, 3.8) is 0 Å². The molecule has 12 heavy (non-hydrogen) atoms. The predicted octanol–water partition coefficient (Wildman–Crippen LogP) is -0.173. The van der Waals surface area contributed by atoms with Gasteiger partial charge in [-0.2, -0.15) is 0 Å². The highest BCUT2D eigenvalue weighted by molar-refractivity contribution is 5.85. The van der Waals surface area contributed by atoms with Crippen LogP contribution in [0.15, 0.2) is 0 Å². The fourth-order valence-electron chi connectivity index (χ4n) is 1.28. The van der Waals surface area contributed by atoms with Gasteiger partial charge in [0.1, 0.15) is 6.04 Å². The van der Waals surface area contributed by atoms with E-state index in [9.17, 15) is 9.59 Å². The molecule has 0 aromatic rings. The number of carbonyl (C=O) groups excluding carboxylic acids is 1. The number of hydrogen-bond acceptors (Lipinski definition) is 2. The van der Waals surface area contributed by atoms with E-state index in [1.807, 2.05) is 0 Å². The number of piperazine rings is 1. The second kappa shape index (κ2) is 3.00. The van der Waals surface area contributed by atoms with Gasteiger partial charge < -0.3 is 10.0 Å². The number of carboxylic acid groups (broad SMARTS) is 1. The summed E-state index contributed by atoms with van der Waals surface area (Å²) in [5.41, 5.74) is 0. The molecule has 1 saturated heterocycles. The van der Waals surface area contributed by atoms with E-state index in [1.54, 1.807) is 18.9 Å². The first-order valence-electron chi connectivity index (χ1n) is 3.78. The van der Waals surface area contributed by atoms with Crippen molar-refractivity contribution in [1.82, 2.24) is 9.80 Å². The summed E-state index contributed by atoms with van der Waals surface area (Å²) >= 11 is 0. The standard InChI is InChI=1S/C7H12N2O3/c1-5-6(10)8(2)3-4-9(5)7(11)12/h5H,3-4H2,1-2H3,(H,11,12)/t5-/m0/s1. The van der Waals surface area contributed by atoms with Crippen molar-refractivity contribution in [2.24, 2.45) is 0 Å². The van der Waals surface area contributed by atoms with Crippen molar-refractivity contribution in [2.45, 2.75) is 13.0 Å². The molecule has 5 nitrogen and oxygen atoms in total. The van der Waals surface area contributed by atoms with Gasteiger partial charge >= 0.3 is 6.09 Å². The summed E-state index contributed by atoms with van der Waals surface area (Å²) in [6.07, 6.45) is -1.02. The van der Waals surface area contributed by atoms with Gasteiger partial charge in [-0.1, -0.05) is 0 Å². The van der Waals surface area contributed by atoms with E-state index in [2.05, 4.69) is 0 Å². The van der Waals surface area contributed by atoms with Crippen molar-refractivity contribution in [2.75, 3.05) is 20.1 Å². The highest BCUT2D eigenvalue weighted by atomic mass is 16.4. The third-order valence-corrected chi connectivity index (χ3v) is 2.12. The van der Waals surface area contributed by atoms with Crippen LogP contribution in [0.4, 0.5) is 4.79 Å². The van der Waals surface area contributed by atoms with Crippen LogP contribution in [-0.2, 0) is 4.79 Å². The third kappa shape index (κ3) is 1.34.